The van der Waals surface area contributed by atoms with Crippen molar-refractivity contribution in [3.8, 4) is 11.5 Å². The second kappa shape index (κ2) is 7.99. The van der Waals surface area contributed by atoms with Gasteiger partial charge in [0.05, 0.1) is 24.1 Å². The minimum absolute atomic E-state index is 0.0272. The molecule has 7 nitrogen and oxygen atoms in total. The number of fused-ring (bicyclic) bond motifs is 2. The number of hydrogen-bond acceptors (Lipinski definition) is 4. The van der Waals surface area contributed by atoms with Gasteiger partial charge in [0.1, 0.15) is 19.0 Å². The molecule has 0 bridgehead atoms. The number of quaternary nitrogens is 1. The number of aromatic nitrogens is 2. The lowest BCUT2D eigenvalue weighted by Gasteiger charge is -2.27. The van der Waals surface area contributed by atoms with Crippen molar-refractivity contribution in [2.75, 3.05) is 38.2 Å². The highest BCUT2D eigenvalue weighted by atomic mass is 16.6. The number of piperidine rings is 1. The van der Waals surface area contributed by atoms with E-state index in [1.54, 1.807) is 0 Å². The fourth-order valence-electron chi connectivity index (χ4n) is 4.37. The molecule has 3 N–H and O–H groups in total. The Morgan fingerprint density at radius 3 is 2.77 bits per heavy atom. The number of rotatable bonds is 4. The summed E-state index contributed by atoms with van der Waals surface area (Å²) in [5.74, 6) is 2.96. The maximum Gasteiger partial charge on any atom is 0.279 e. The van der Waals surface area contributed by atoms with Gasteiger partial charge in [-0.3, -0.25) is 4.79 Å². The number of likely N-dealkylation sites (tertiary alicyclic amines) is 1. The van der Waals surface area contributed by atoms with Crippen LogP contribution in [-0.4, -0.2) is 48.7 Å². The average molecular weight is 407 g/mol. The largest absolute Gasteiger partial charge is 0.486 e. The van der Waals surface area contributed by atoms with Crippen molar-refractivity contribution in [1.29, 1.82) is 0 Å². The normalized spacial score (nSPS) is 20.8. The number of imidazole rings is 1. The van der Waals surface area contributed by atoms with E-state index in [-0.39, 0.29) is 5.91 Å². The van der Waals surface area contributed by atoms with Crippen molar-refractivity contribution < 1.29 is 19.2 Å². The lowest BCUT2D eigenvalue weighted by molar-refractivity contribution is -0.897. The Kier molecular flexibility index (Phi) is 5.04. The number of H-pyrrole nitrogens is 1. The van der Waals surface area contributed by atoms with Crippen LogP contribution in [0.15, 0.2) is 36.4 Å². The second-order valence-corrected chi connectivity index (χ2v) is 8.25. The standard InChI is InChI=1S/C23H26N4O3/c1-15-2-4-18-19(12-15)26-23(25-18)16-6-8-27(9-7-16)14-22(28)24-17-3-5-20-21(13-17)30-11-10-29-20/h2-5,12-13,16H,6-11,14H2,1H3,(H,24,28)(H,25,26)/p+1. The van der Waals surface area contributed by atoms with Crippen LogP contribution in [-0.2, 0) is 4.79 Å². The Morgan fingerprint density at radius 2 is 1.93 bits per heavy atom. The number of ether oxygens (including phenoxy) is 2. The summed E-state index contributed by atoms with van der Waals surface area (Å²) in [5.41, 5.74) is 4.12. The van der Waals surface area contributed by atoms with Crippen molar-refractivity contribution >= 4 is 22.6 Å². The van der Waals surface area contributed by atoms with E-state index < -0.39 is 0 Å². The highest BCUT2D eigenvalue weighted by Crippen LogP contribution is 2.32. The summed E-state index contributed by atoms with van der Waals surface area (Å²) in [7, 11) is 0. The number of anilines is 1. The van der Waals surface area contributed by atoms with E-state index in [9.17, 15) is 4.79 Å². The number of nitrogens with zero attached hydrogens (tertiary/aromatic N) is 1. The first kappa shape index (κ1) is 18.9. The van der Waals surface area contributed by atoms with Crippen molar-refractivity contribution in [2.24, 2.45) is 0 Å². The average Bonchev–Trinajstić information content (AvgIpc) is 3.17. The SMILES string of the molecule is Cc1ccc2nc(C3CC[NH+](CC(=O)Nc4ccc5c(c4)OCCO5)CC3)[nH]c2c1. The Balaban J connectivity index is 1.15. The topological polar surface area (TPSA) is 80.7 Å². The minimum atomic E-state index is 0.0272. The van der Waals surface area contributed by atoms with Crippen molar-refractivity contribution in [3.05, 3.63) is 47.8 Å². The molecule has 3 aromatic rings. The molecule has 0 aliphatic carbocycles. The molecule has 156 valence electrons. The molecule has 1 fully saturated rings. The fraction of sp³-hybridized carbons (Fsp3) is 0.391. The Hall–Kier alpha value is -3.06. The van der Waals surface area contributed by atoms with E-state index in [1.165, 1.54) is 10.5 Å². The fourth-order valence-corrected chi connectivity index (χ4v) is 4.37. The summed E-state index contributed by atoms with van der Waals surface area (Å²) >= 11 is 0. The summed E-state index contributed by atoms with van der Waals surface area (Å²) in [6.07, 6.45) is 2.07. The first-order valence-electron chi connectivity index (χ1n) is 10.6. The molecule has 2 aromatic carbocycles. The molecule has 1 saturated heterocycles. The zero-order chi connectivity index (χ0) is 20.5. The third-order valence-corrected chi connectivity index (χ3v) is 5.97. The van der Waals surface area contributed by atoms with Gasteiger partial charge in [0.2, 0.25) is 0 Å². The molecule has 3 heterocycles. The van der Waals surface area contributed by atoms with Crippen LogP contribution in [0.1, 0.15) is 30.1 Å². The van der Waals surface area contributed by atoms with E-state index in [0.29, 0.717) is 31.4 Å². The maximum atomic E-state index is 12.5. The molecule has 2 aliphatic rings. The van der Waals surface area contributed by atoms with Crippen molar-refractivity contribution in [2.45, 2.75) is 25.7 Å². The van der Waals surface area contributed by atoms with Gasteiger partial charge in [-0.25, -0.2) is 4.98 Å². The minimum Gasteiger partial charge on any atom is -0.486 e. The van der Waals surface area contributed by atoms with Crippen LogP contribution in [0.2, 0.25) is 0 Å². The summed E-state index contributed by atoms with van der Waals surface area (Å²) in [6, 6.07) is 11.9. The van der Waals surface area contributed by atoms with E-state index in [2.05, 4.69) is 35.4 Å². The second-order valence-electron chi connectivity index (χ2n) is 8.25. The van der Waals surface area contributed by atoms with Crippen LogP contribution >= 0.6 is 0 Å². The number of benzene rings is 2. The molecule has 5 rings (SSSR count). The van der Waals surface area contributed by atoms with Gasteiger partial charge in [0.15, 0.2) is 18.0 Å². The number of nitrogens with one attached hydrogen (secondary N) is 3. The van der Waals surface area contributed by atoms with Crippen LogP contribution < -0.4 is 19.7 Å². The van der Waals surface area contributed by atoms with Gasteiger partial charge < -0.3 is 24.7 Å². The molecular formula is C23H27N4O3+. The van der Waals surface area contributed by atoms with Crippen molar-refractivity contribution in [3.63, 3.8) is 0 Å². The van der Waals surface area contributed by atoms with E-state index >= 15 is 0 Å². The molecule has 0 spiro atoms. The van der Waals surface area contributed by atoms with Gasteiger partial charge in [-0.05, 0) is 36.8 Å². The summed E-state index contributed by atoms with van der Waals surface area (Å²) in [5, 5.41) is 2.99. The quantitative estimate of drug-likeness (QED) is 0.618. The Labute approximate surface area is 175 Å². The molecule has 1 amide bonds. The van der Waals surface area contributed by atoms with Crippen molar-refractivity contribution in [1.82, 2.24) is 9.97 Å². The van der Waals surface area contributed by atoms with Gasteiger partial charge in [0, 0.05) is 30.5 Å². The zero-order valence-electron chi connectivity index (χ0n) is 17.2. The molecule has 0 unspecified atom stereocenters. The van der Waals surface area contributed by atoms with Gasteiger partial charge in [-0.15, -0.1) is 0 Å². The first-order chi connectivity index (χ1) is 14.6. The van der Waals surface area contributed by atoms with Crippen LogP contribution in [0.4, 0.5) is 5.69 Å². The molecule has 0 atom stereocenters. The summed E-state index contributed by atoms with van der Waals surface area (Å²) < 4.78 is 11.1. The highest BCUT2D eigenvalue weighted by molar-refractivity contribution is 5.91. The third kappa shape index (κ3) is 3.98. The Bertz CT molecular complexity index is 1070. The summed E-state index contributed by atoms with van der Waals surface area (Å²) in [6.45, 7) is 5.60. The predicted molar refractivity (Wildman–Crippen MR) is 114 cm³/mol. The predicted octanol–water partition coefficient (Wildman–Crippen LogP) is 2.04. The Morgan fingerprint density at radius 1 is 1.13 bits per heavy atom. The zero-order valence-corrected chi connectivity index (χ0v) is 17.2. The third-order valence-electron chi connectivity index (χ3n) is 5.97. The van der Waals surface area contributed by atoms with E-state index in [1.807, 2.05) is 18.2 Å². The van der Waals surface area contributed by atoms with Gasteiger partial charge >= 0.3 is 0 Å². The molecule has 7 heteroatoms. The lowest BCUT2D eigenvalue weighted by Crippen LogP contribution is -3.14. The number of aromatic amines is 1. The van der Waals surface area contributed by atoms with Gasteiger partial charge in [0.25, 0.3) is 5.91 Å². The van der Waals surface area contributed by atoms with E-state index in [0.717, 1.165) is 54.2 Å². The van der Waals surface area contributed by atoms with Crippen LogP contribution in [0.25, 0.3) is 11.0 Å². The molecule has 2 aliphatic heterocycles. The molecule has 1 aromatic heterocycles. The maximum absolute atomic E-state index is 12.5. The number of carbonyl (C=O) groups is 1. The summed E-state index contributed by atoms with van der Waals surface area (Å²) in [4.78, 5) is 22.1. The molecule has 0 radical (unpaired) electrons. The lowest BCUT2D eigenvalue weighted by atomic mass is 9.96. The number of aryl methyl sites for hydroxylation is 1. The molecule has 0 saturated carbocycles. The first-order valence-corrected chi connectivity index (χ1v) is 10.6. The van der Waals surface area contributed by atoms with Crippen LogP contribution in [0.5, 0.6) is 11.5 Å². The highest BCUT2D eigenvalue weighted by Gasteiger charge is 2.27. The number of carbonyl (C=O) groups excluding carboxylic acids is 1. The monoisotopic (exact) mass is 407 g/mol. The van der Waals surface area contributed by atoms with Crippen LogP contribution in [0.3, 0.4) is 0 Å². The number of hydrogen-bond donors (Lipinski definition) is 3. The van der Waals surface area contributed by atoms with Gasteiger partial charge in [-0.2, -0.15) is 0 Å². The van der Waals surface area contributed by atoms with Crippen LogP contribution in [0, 0.1) is 6.92 Å². The molecular weight excluding hydrogens is 380 g/mol. The number of amides is 1. The van der Waals surface area contributed by atoms with Gasteiger partial charge in [-0.1, -0.05) is 6.07 Å². The molecule has 30 heavy (non-hydrogen) atoms. The van der Waals surface area contributed by atoms with E-state index in [4.69, 9.17) is 14.5 Å². The smallest absolute Gasteiger partial charge is 0.279 e.